The van der Waals surface area contributed by atoms with Crippen molar-refractivity contribution in [2.75, 3.05) is 12.4 Å². The summed E-state index contributed by atoms with van der Waals surface area (Å²) in [5, 5.41) is 35.1. The smallest absolute Gasteiger partial charge is 0.189 e. The molecule has 4 N–H and O–H groups in total. The second-order valence-electron chi connectivity index (χ2n) is 2.31. The van der Waals surface area contributed by atoms with Gasteiger partial charge in [-0.25, -0.2) is 0 Å². The maximum absolute atomic E-state index is 10.6. The van der Waals surface area contributed by atoms with Crippen LogP contribution in [0.2, 0.25) is 0 Å². The second kappa shape index (κ2) is 5.50. The third kappa shape index (κ3) is 3.08. The summed E-state index contributed by atoms with van der Waals surface area (Å²) in [6, 6.07) is 0. The van der Waals surface area contributed by atoms with Crippen molar-refractivity contribution in [2.24, 2.45) is 0 Å². The molecule has 12 heavy (non-hydrogen) atoms. The van der Waals surface area contributed by atoms with E-state index in [1.54, 1.807) is 0 Å². The van der Waals surface area contributed by atoms with Gasteiger partial charge in [0.2, 0.25) is 0 Å². The summed E-state index contributed by atoms with van der Waals surface area (Å²) in [6.07, 6.45) is -4.63. The molecule has 0 aliphatic carbocycles. The zero-order valence-electron chi connectivity index (χ0n) is 6.29. The van der Waals surface area contributed by atoms with Crippen LogP contribution in [0.15, 0.2) is 0 Å². The molecule has 0 rings (SSSR count). The largest absolute Gasteiger partial charge is 0.389 e. The van der Waals surface area contributed by atoms with Crippen LogP contribution in [-0.4, -0.2) is 56.9 Å². The van der Waals surface area contributed by atoms with Crippen LogP contribution >= 0.6 is 12.6 Å². The fraction of sp³-hybridized carbons (Fsp3) is 0.833. The highest BCUT2D eigenvalue weighted by atomic mass is 32.1. The predicted molar refractivity (Wildman–Crippen MR) is 44.0 cm³/mol. The van der Waals surface area contributed by atoms with Crippen LogP contribution in [0.3, 0.4) is 0 Å². The normalized spacial score (nSPS) is 18.4. The van der Waals surface area contributed by atoms with Crippen molar-refractivity contribution >= 4 is 18.4 Å². The molecule has 0 spiro atoms. The van der Waals surface area contributed by atoms with Gasteiger partial charge in [0.15, 0.2) is 5.78 Å². The minimum atomic E-state index is -1.75. The molecule has 0 fully saturated rings. The molecule has 0 unspecified atom stereocenters. The van der Waals surface area contributed by atoms with Gasteiger partial charge in [0.1, 0.15) is 18.8 Å². The van der Waals surface area contributed by atoms with E-state index in [9.17, 15) is 4.79 Å². The van der Waals surface area contributed by atoms with Gasteiger partial charge in [-0.1, -0.05) is 0 Å². The Morgan fingerprint density at radius 2 is 1.83 bits per heavy atom. The van der Waals surface area contributed by atoms with Crippen molar-refractivity contribution in [1.82, 2.24) is 0 Å². The number of aliphatic hydroxyl groups is 4. The maximum atomic E-state index is 10.6. The average Bonchev–Trinajstić information content (AvgIpc) is 2.12. The highest BCUT2D eigenvalue weighted by Gasteiger charge is 2.28. The van der Waals surface area contributed by atoms with Crippen LogP contribution in [0.1, 0.15) is 0 Å². The summed E-state index contributed by atoms with van der Waals surface area (Å²) in [6.45, 7) is -0.864. The molecule has 0 saturated carbocycles. The van der Waals surface area contributed by atoms with E-state index >= 15 is 0 Å². The highest BCUT2D eigenvalue weighted by molar-refractivity contribution is 7.80. The standard InChI is InChI=1S/C6H12O5S/c7-1-3(8)5(10)6(11)4(9)2-12/h4-7,9-12H,1-2H2/t4-,5-,6+/m1/s1. The summed E-state index contributed by atoms with van der Waals surface area (Å²) in [7, 11) is 0. The fourth-order valence-corrected chi connectivity index (χ4v) is 0.818. The number of Topliss-reactive ketones (excluding diaryl/α,β-unsaturated/α-hetero) is 1. The van der Waals surface area contributed by atoms with Crippen LogP contribution in [0.25, 0.3) is 0 Å². The van der Waals surface area contributed by atoms with Gasteiger partial charge in [-0.15, -0.1) is 0 Å². The molecule has 0 heterocycles. The fourth-order valence-electron chi connectivity index (χ4n) is 0.602. The van der Waals surface area contributed by atoms with Crippen LogP contribution in [0, 0.1) is 0 Å². The summed E-state index contributed by atoms with van der Waals surface area (Å²) < 4.78 is 0. The summed E-state index contributed by atoms with van der Waals surface area (Å²) in [5.41, 5.74) is 0. The van der Waals surface area contributed by atoms with Crippen molar-refractivity contribution in [3.63, 3.8) is 0 Å². The van der Waals surface area contributed by atoms with E-state index < -0.39 is 30.7 Å². The number of ketones is 1. The van der Waals surface area contributed by atoms with Crippen molar-refractivity contribution in [3.8, 4) is 0 Å². The topological polar surface area (TPSA) is 98.0 Å². The van der Waals surface area contributed by atoms with Gasteiger partial charge in [-0.3, -0.25) is 4.79 Å². The minimum Gasteiger partial charge on any atom is -0.389 e. The van der Waals surface area contributed by atoms with Crippen LogP contribution in [-0.2, 0) is 4.79 Å². The van der Waals surface area contributed by atoms with Gasteiger partial charge in [-0.05, 0) is 0 Å². The van der Waals surface area contributed by atoms with Crippen LogP contribution in [0.4, 0.5) is 0 Å². The number of hydrogen-bond donors (Lipinski definition) is 5. The monoisotopic (exact) mass is 196 g/mol. The molecule has 6 heteroatoms. The summed E-state index contributed by atoms with van der Waals surface area (Å²) in [4.78, 5) is 10.6. The van der Waals surface area contributed by atoms with Crippen molar-refractivity contribution in [1.29, 1.82) is 0 Å². The second-order valence-corrected chi connectivity index (χ2v) is 2.67. The van der Waals surface area contributed by atoms with E-state index in [0.717, 1.165) is 0 Å². The summed E-state index contributed by atoms with van der Waals surface area (Å²) in [5.74, 6) is -1.000. The van der Waals surface area contributed by atoms with Gasteiger partial charge in [-0.2, -0.15) is 12.6 Å². The van der Waals surface area contributed by atoms with E-state index in [2.05, 4.69) is 12.6 Å². The zero-order valence-corrected chi connectivity index (χ0v) is 7.19. The van der Waals surface area contributed by atoms with E-state index in [4.69, 9.17) is 20.4 Å². The Morgan fingerprint density at radius 3 is 2.17 bits per heavy atom. The predicted octanol–water partition coefficient (Wildman–Crippen LogP) is -2.44. The lowest BCUT2D eigenvalue weighted by atomic mass is 10.1. The lowest BCUT2D eigenvalue weighted by molar-refractivity contribution is -0.140. The molecular weight excluding hydrogens is 184 g/mol. The molecular formula is C6H12O5S. The zero-order chi connectivity index (χ0) is 9.72. The maximum Gasteiger partial charge on any atom is 0.189 e. The Hall–Kier alpha value is -0.140. The number of rotatable bonds is 5. The lowest BCUT2D eigenvalue weighted by Crippen LogP contribution is -2.44. The number of carbonyl (C=O) groups excluding carboxylic acids is 1. The van der Waals surface area contributed by atoms with Crippen molar-refractivity contribution < 1.29 is 25.2 Å². The van der Waals surface area contributed by atoms with Crippen LogP contribution < -0.4 is 0 Å². The molecule has 0 aliphatic rings. The van der Waals surface area contributed by atoms with Gasteiger partial charge in [0.05, 0.1) is 6.10 Å². The number of aliphatic hydroxyl groups excluding tert-OH is 4. The molecule has 0 aromatic carbocycles. The Balaban J connectivity index is 4.08. The molecule has 0 bridgehead atoms. The first-order valence-corrected chi connectivity index (χ1v) is 3.96. The molecule has 0 aromatic heterocycles. The van der Waals surface area contributed by atoms with Gasteiger partial charge >= 0.3 is 0 Å². The molecule has 0 aromatic rings. The molecule has 0 saturated heterocycles. The van der Waals surface area contributed by atoms with E-state index in [0.29, 0.717) is 0 Å². The van der Waals surface area contributed by atoms with Crippen LogP contribution in [0.5, 0.6) is 0 Å². The average molecular weight is 196 g/mol. The first-order valence-electron chi connectivity index (χ1n) is 3.33. The summed E-state index contributed by atoms with van der Waals surface area (Å²) >= 11 is 3.65. The molecule has 3 atom stereocenters. The third-order valence-electron chi connectivity index (χ3n) is 1.39. The van der Waals surface area contributed by atoms with E-state index in [-0.39, 0.29) is 5.75 Å². The van der Waals surface area contributed by atoms with E-state index in [1.165, 1.54) is 0 Å². The number of carbonyl (C=O) groups is 1. The minimum absolute atomic E-state index is 0.0725. The number of hydrogen-bond acceptors (Lipinski definition) is 6. The Bertz CT molecular complexity index is 151. The molecule has 0 aliphatic heterocycles. The van der Waals surface area contributed by atoms with E-state index in [1.807, 2.05) is 0 Å². The Kier molecular flexibility index (Phi) is 5.43. The van der Waals surface area contributed by atoms with Gasteiger partial charge in [0, 0.05) is 5.75 Å². The third-order valence-corrected chi connectivity index (χ3v) is 1.76. The Morgan fingerprint density at radius 1 is 1.33 bits per heavy atom. The lowest BCUT2D eigenvalue weighted by Gasteiger charge is -2.19. The quantitative estimate of drug-likeness (QED) is 0.315. The number of thiol groups is 1. The van der Waals surface area contributed by atoms with Crippen molar-refractivity contribution in [2.45, 2.75) is 18.3 Å². The molecule has 72 valence electrons. The molecule has 0 amide bonds. The SMILES string of the molecule is O=C(CO)[C@@H](O)[C@@H](O)[C@H](O)CS. The van der Waals surface area contributed by atoms with Gasteiger partial charge < -0.3 is 20.4 Å². The first kappa shape index (κ1) is 11.9. The van der Waals surface area contributed by atoms with Crippen molar-refractivity contribution in [3.05, 3.63) is 0 Å². The highest BCUT2D eigenvalue weighted by Crippen LogP contribution is 2.02. The molecule has 0 radical (unpaired) electrons. The first-order chi connectivity index (χ1) is 5.54. The Labute approximate surface area is 75.1 Å². The van der Waals surface area contributed by atoms with Gasteiger partial charge in [0.25, 0.3) is 0 Å². The molecule has 5 nitrogen and oxygen atoms in total.